The molecule has 2 rings (SSSR count). The maximum atomic E-state index is 12.3. The van der Waals surface area contributed by atoms with Crippen LogP contribution in [-0.4, -0.2) is 18.6 Å². The number of anilines is 1. The summed E-state index contributed by atoms with van der Waals surface area (Å²) in [6.45, 7) is 2.25. The van der Waals surface area contributed by atoms with Crippen LogP contribution in [0.3, 0.4) is 0 Å². The summed E-state index contributed by atoms with van der Waals surface area (Å²) in [4.78, 5) is 0. The normalized spacial score (nSPS) is 11.5. The topological polar surface area (TPSA) is 101 Å². The summed E-state index contributed by atoms with van der Waals surface area (Å²) in [5, 5.41) is 6.21. The van der Waals surface area contributed by atoms with Gasteiger partial charge in [0.15, 0.2) is 5.03 Å². The minimum absolute atomic E-state index is 0.0139. The van der Waals surface area contributed by atoms with E-state index in [2.05, 4.69) is 21.8 Å². The third-order valence-corrected chi connectivity index (χ3v) is 4.59. The molecule has 0 amide bonds. The molecule has 0 aliphatic carbocycles. The lowest BCUT2D eigenvalue weighted by molar-refractivity contribution is 0.596. The second kappa shape index (κ2) is 6.73. The van der Waals surface area contributed by atoms with E-state index in [0.29, 0.717) is 11.3 Å². The molecular weight excluding hydrogens is 288 g/mol. The van der Waals surface area contributed by atoms with E-state index in [1.165, 1.54) is 11.8 Å². The van der Waals surface area contributed by atoms with Crippen LogP contribution >= 0.6 is 0 Å². The number of nitrogens with two attached hydrogens (primary N) is 1. The maximum Gasteiger partial charge on any atom is 0.279 e. The monoisotopic (exact) mass is 308 g/mol. The number of aryl methyl sites for hydroxylation is 1. The molecule has 0 fully saturated rings. The van der Waals surface area contributed by atoms with Crippen molar-refractivity contribution in [1.29, 1.82) is 0 Å². The first-order valence-electron chi connectivity index (χ1n) is 6.91. The summed E-state index contributed by atoms with van der Waals surface area (Å²) >= 11 is 0. The third-order valence-electron chi connectivity index (χ3n) is 3.19. The highest BCUT2D eigenvalue weighted by Crippen LogP contribution is 2.18. The van der Waals surface area contributed by atoms with Gasteiger partial charge in [-0.3, -0.25) is 9.82 Å². The van der Waals surface area contributed by atoms with E-state index in [0.717, 1.165) is 19.3 Å². The Labute approximate surface area is 124 Å². The number of hydrogen-bond acceptors (Lipinski definition) is 4. The van der Waals surface area contributed by atoms with Crippen LogP contribution in [0.25, 0.3) is 0 Å². The van der Waals surface area contributed by atoms with Crippen molar-refractivity contribution in [2.24, 2.45) is 5.73 Å². The lowest BCUT2D eigenvalue weighted by Crippen LogP contribution is -2.16. The summed E-state index contributed by atoms with van der Waals surface area (Å²) in [7, 11) is -3.69. The highest BCUT2D eigenvalue weighted by Gasteiger charge is 2.20. The molecule has 0 bridgehead atoms. The van der Waals surface area contributed by atoms with Crippen LogP contribution in [0.4, 0.5) is 5.69 Å². The Morgan fingerprint density at radius 2 is 2.00 bits per heavy atom. The van der Waals surface area contributed by atoms with Crippen LogP contribution in [0, 0.1) is 0 Å². The fourth-order valence-corrected chi connectivity index (χ4v) is 3.21. The molecule has 21 heavy (non-hydrogen) atoms. The quantitative estimate of drug-likeness (QED) is 0.728. The molecule has 7 heteroatoms. The van der Waals surface area contributed by atoms with Gasteiger partial charge >= 0.3 is 0 Å². The van der Waals surface area contributed by atoms with E-state index in [9.17, 15) is 8.42 Å². The predicted molar refractivity (Wildman–Crippen MR) is 82.3 cm³/mol. The molecule has 0 radical (unpaired) electrons. The number of hydrogen-bond donors (Lipinski definition) is 3. The number of nitrogens with zero attached hydrogens (tertiary/aromatic N) is 1. The van der Waals surface area contributed by atoms with Crippen molar-refractivity contribution in [1.82, 2.24) is 10.2 Å². The van der Waals surface area contributed by atoms with Gasteiger partial charge in [-0.2, -0.15) is 13.5 Å². The zero-order chi connectivity index (χ0) is 15.3. The van der Waals surface area contributed by atoms with Crippen molar-refractivity contribution >= 4 is 15.7 Å². The van der Waals surface area contributed by atoms with Crippen molar-refractivity contribution in [2.75, 3.05) is 4.72 Å². The largest absolute Gasteiger partial charge is 0.326 e. The maximum absolute atomic E-state index is 12.3. The van der Waals surface area contributed by atoms with Crippen LogP contribution in [0.1, 0.15) is 30.9 Å². The van der Waals surface area contributed by atoms with Gasteiger partial charge < -0.3 is 5.73 Å². The Morgan fingerprint density at radius 1 is 1.29 bits per heavy atom. The average molecular weight is 308 g/mol. The van der Waals surface area contributed by atoms with Crippen LogP contribution < -0.4 is 10.5 Å². The van der Waals surface area contributed by atoms with Crippen molar-refractivity contribution in [3.05, 3.63) is 41.6 Å². The SMILES string of the molecule is CCCCc1ccc(NS(=O)(=O)c2[nH]ncc2CN)cc1. The van der Waals surface area contributed by atoms with Crippen LogP contribution in [-0.2, 0) is 23.0 Å². The van der Waals surface area contributed by atoms with Crippen LogP contribution in [0.2, 0.25) is 0 Å². The zero-order valence-corrected chi connectivity index (χ0v) is 12.8. The van der Waals surface area contributed by atoms with E-state index < -0.39 is 10.0 Å². The molecule has 2 aromatic rings. The third kappa shape index (κ3) is 3.83. The lowest BCUT2D eigenvalue weighted by atomic mass is 10.1. The first kappa shape index (κ1) is 15.5. The van der Waals surface area contributed by atoms with Crippen molar-refractivity contribution in [2.45, 2.75) is 37.8 Å². The Balaban J connectivity index is 2.13. The molecule has 0 aliphatic rings. The number of aromatic amines is 1. The van der Waals surface area contributed by atoms with Gasteiger partial charge in [-0.25, -0.2) is 0 Å². The smallest absolute Gasteiger partial charge is 0.279 e. The molecule has 0 atom stereocenters. The predicted octanol–water partition coefficient (Wildman–Crippen LogP) is 2.01. The lowest BCUT2D eigenvalue weighted by Gasteiger charge is -2.08. The fraction of sp³-hybridized carbons (Fsp3) is 0.357. The first-order chi connectivity index (χ1) is 10.1. The van der Waals surface area contributed by atoms with Crippen molar-refractivity contribution in [3.8, 4) is 0 Å². The molecule has 0 spiro atoms. The average Bonchev–Trinajstić information content (AvgIpc) is 2.95. The molecule has 0 unspecified atom stereocenters. The minimum atomic E-state index is -3.69. The van der Waals surface area contributed by atoms with Gasteiger partial charge in [-0.05, 0) is 30.5 Å². The zero-order valence-electron chi connectivity index (χ0n) is 12.0. The first-order valence-corrected chi connectivity index (χ1v) is 8.39. The second-order valence-corrected chi connectivity index (χ2v) is 6.45. The molecule has 0 aliphatic heterocycles. The Hall–Kier alpha value is -1.86. The molecule has 1 aromatic carbocycles. The van der Waals surface area contributed by atoms with Gasteiger partial charge in [0, 0.05) is 17.8 Å². The number of H-pyrrole nitrogens is 1. The Kier molecular flexibility index (Phi) is 4.98. The molecule has 4 N–H and O–H groups in total. The van der Waals surface area contributed by atoms with E-state index in [1.54, 1.807) is 12.1 Å². The van der Waals surface area contributed by atoms with Gasteiger partial charge in [0.1, 0.15) is 0 Å². The van der Waals surface area contributed by atoms with Gasteiger partial charge in [0.25, 0.3) is 10.0 Å². The van der Waals surface area contributed by atoms with Crippen molar-refractivity contribution < 1.29 is 8.42 Å². The second-order valence-electron chi connectivity index (χ2n) is 4.83. The fourth-order valence-electron chi connectivity index (χ4n) is 2.00. The molecule has 6 nitrogen and oxygen atoms in total. The number of aromatic nitrogens is 2. The van der Waals surface area contributed by atoms with E-state index in [-0.39, 0.29) is 11.6 Å². The molecule has 0 saturated carbocycles. The highest BCUT2D eigenvalue weighted by molar-refractivity contribution is 7.92. The molecular formula is C14H20N4O2S. The molecule has 114 valence electrons. The van der Waals surface area contributed by atoms with Crippen LogP contribution in [0.15, 0.2) is 35.5 Å². The van der Waals surface area contributed by atoms with Gasteiger partial charge in [0.2, 0.25) is 0 Å². The summed E-state index contributed by atoms with van der Waals surface area (Å²) in [6.07, 6.45) is 4.68. The van der Waals surface area contributed by atoms with Gasteiger partial charge in [0.05, 0.1) is 6.20 Å². The van der Waals surface area contributed by atoms with Crippen molar-refractivity contribution in [3.63, 3.8) is 0 Å². The summed E-state index contributed by atoms with van der Waals surface area (Å²) in [5.41, 5.74) is 7.68. The Bertz CT molecular complexity index is 677. The number of unbranched alkanes of at least 4 members (excludes halogenated alkanes) is 1. The van der Waals surface area contributed by atoms with E-state index in [1.807, 2.05) is 12.1 Å². The number of nitrogens with one attached hydrogen (secondary N) is 2. The highest BCUT2D eigenvalue weighted by atomic mass is 32.2. The molecule has 0 saturated heterocycles. The minimum Gasteiger partial charge on any atom is -0.326 e. The van der Waals surface area contributed by atoms with Gasteiger partial charge in [-0.1, -0.05) is 25.5 Å². The summed E-state index contributed by atoms with van der Waals surface area (Å²) < 4.78 is 27.0. The van der Waals surface area contributed by atoms with Crippen LogP contribution in [0.5, 0.6) is 0 Å². The van der Waals surface area contributed by atoms with Gasteiger partial charge in [-0.15, -0.1) is 0 Å². The molecule has 1 heterocycles. The van der Waals surface area contributed by atoms with E-state index >= 15 is 0 Å². The van der Waals surface area contributed by atoms with E-state index in [4.69, 9.17) is 5.73 Å². The number of benzene rings is 1. The number of rotatable bonds is 7. The standard InChI is InChI=1S/C14H20N4O2S/c1-2-3-4-11-5-7-13(8-6-11)18-21(19,20)14-12(9-15)10-16-17-14/h5-8,10,18H,2-4,9,15H2,1H3,(H,16,17). The number of sulfonamides is 1. The summed E-state index contributed by atoms with van der Waals surface area (Å²) in [5.74, 6) is 0. The molecule has 1 aromatic heterocycles. The summed E-state index contributed by atoms with van der Waals surface area (Å²) in [6, 6.07) is 7.40. The Morgan fingerprint density at radius 3 is 2.62 bits per heavy atom.